The predicted molar refractivity (Wildman–Crippen MR) is 114 cm³/mol. The monoisotopic (exact) mass is 402 g/mol. The van der Waals surface area contributed by atoms with E-state index in [0.29, 0.717) is 18.7 Å². The van der Waals surface area contributed by atoms with Crippen LogP contribution >= 0.6 is 0 Å². The molecule has 0 aliphatic carbocycles. The summed E-state index contributed by atoms with van der Waals surface area (Å²) in [7, 11) is 0. The molecule has 7 nitrogen and oxygen atoms in total. The molecule has 1 saturated heterocycles. The van der Waals surface area contributed by atoms with Crippen molar-refractivity contribution >= 4 is 34.3 Å². The molecule has 1 aliphatic rings. The number of rotatable bonds is 7. The predicted octanol–water partition coefficient (Wildman–Crippen LogP) is 2.80. The van der Waals surface area contributed by atoms with E-state index in [2.05, 4.69) is 15.6 Å². The molecule has 0 saturated carbocycles. The van der Waals surface area contributed by atoms with Gasteiger partial charge < -0.3 is 10.6 Å². The number of benzene rings is 2. The number of fused-ring (bicyclic) bond motifs is 1. The third kappa shape index (κ3) is 4.15. The Morgan fingerprint density at radius 3 is 2.67 bits per heavy atom. The van der Waals surface area contributed by atoms with Crippen LogP contribution in [-0.2, 0) is 16.0 Å². The van der Waals surface area contributed by atoms with Crippen molar-refractivity contribution in [2.75, 3.05) is 11.4 Å². The lowest BCUT2D eigenvalue weighted by molar-refractivity contribution is -0.121. The van der Waals surface area contributed by atoms with Crippen LogP contribution in [0.2, 0.25) is 0 Å². The van der Waals surface area contributed by atoms with Crippen LogP contribution in [-0.4, -0.2) is 35.4 Å². The molecule has 0 radical (unpaired) electrons. The Morgan fingerprint density at radius 2 is 1.83 bits per heavy atom. The average molecular weight is 402 g/mol. The second-order valence-electron chi connectivity index (χ2n) is 7.13. The first-order chi connectivity index (χ1) is 14.6. The molecule has 2 heterocycles. The maximum absolute atomic E-state index is 12.9. The highest BCUT2D eigenvalue weighted by molar-refractivity contribution is 6.24. The fourth-order valence-corrected chi connectivity index (χ4v) is 3.60. The summed E-state index contributed by atoms with van der Waals surface area (Å²) in [6.07, 6.45) is 2.76. The molecule has 1 atom stereocenters. The molecule has 3 aromatic rings. The zero-order valence-electron chi connectivity index (χ0n) is 16.4. The van der Waals surface area contributed by atoms with Gasteiger partial charge in [-0.05, 0) is 30.0 Å². The molecule has 1 aliphatic heterocycles. The molecule has 30 heavy (non-hydrogen) atoms. The van der Waals surface area contributed by atoms with Gasteiger partial charge >= 0.3 is 6.03 Å². The van der Waals surface area contributed by atoms with Crippen LogP contribution in [0.3, 0.4) is 0 Å². The van der Waals surface area contributed by atoms with Gasteiger partial charge in [0.1, 0.15) is 6.04 Å². The Balaban J connectivity index is 1.34. The number of nitrogens with zero attached hydrogens (tertiary/aromatic N) is 2. The number of hydrogen-bond donors (Lipinski definition) is 2. The van der Waals surface area contributed by atoms with Gasteiger partial charge in [-0.25, -0.2) is 9.69 Å². The van der Waals surface area contributed by atoms with Crippen molar-refractivity contribution in [2.45, 2.75) is 25.3 Å². The highest BCUT2D eigenvalue weighted by Gasteiger charge is 2.39. The van der Waals surface area contributed by atoms with Crippen LogP contribution < -0.4 is 15.5 Å². The molecular formula is C23H22N4O3. The summed E-state index contributed by atoms with van der Waals surface area (Å²) in [4.78, 5) is 42.9. The molecule has 0 bridgehead atoms. The van der Waals surface area contributed by atoms with Crippen molar-refractivity contribution in [1.29, 1.82) is 0 Å². The van der Waals surface area contributed by atoms with Gasteiger partial charge in [-0.1, -0.05) is 42.5 Å². The molecule has 2 N–H and O–H groups in total. The van der Waals surface area contributed by atoms with E-state index in [-0.39, 0.29) is 24.7 Å². The summed E-state index contributed by atoms with van der Waals surface area (Å²) in [5.74, 6) is -0.491. The summed E-state index contributed by atoms with van der Waals surface area (Å²) in [6, 6.07) is 17.6. The first-order valence-electron chi connectivity index (χ1n) is 9.92. The van der Waals surface area contributed by atoms with Gasteiger partial charge in [0.15, 0.2) is 0 Å². The lowest BCUT2D eigenvalue weighted by Gasteiger charge is -2.15. The quantitative estimate of drug-likeness (QED) is 0.595. The van der Waals surface area contributed by atoms with Gasteiger partial charge in [-0.2, -0.15) is 0 Å². The summed E-state index contributed by atoms with van der Waals surface area (Å²) >= 11 is 0. The number of pyridine rings is 1. The number of carbonyl (C=O) groups is 3. The highest BCUT2D eigenvalue weighted by atomic mass is 16.2. The van der Waals surface area contributed by atoms with Crippen molar-refractivity contribution < 1.29 is 14.4 Å². The number of hydrogen-bond acceptors (Lipinski definition) is 4. The smallest absolute Gasteiger partial charge is 0.329 e. The minimum atomic E-state index is -0.710. The molecule has 152 valence electrons. The standard InChI is InChI=1S/C23H22N4O3/c28-21(25-15-13-17-8-3-4-14-24-17)12-11-19-22(29)27(23(30)26-19)20-10-5-7-16-6-1-2-9-18(16)20/h1-10,14,19H,11-13,15H2,(H,25,28)(H,26,30). The van der Waals surface area contributed by atoms with Crippen molar-refractivity contribution in [3.63, 3.8) is 0 Å². The second kappa shape index (κ2) is 8.73. The third-order valence-electron chi connectivity index (χ3n) is 5.12. The van der Waals surface area contributed by atoms with E-state index in [1.54, 1.807) is 12.3 Å². The molecule has 7 heteroatoms. The van der Waals surface area contributed by atoms with Gasteiger partial charge in [-0.15, -0.1) is 0 Å². The largest absolute Gasteiger partial charge is 0.356 e. The maximum atomic E-state index is 12.9. The molecule has 4 rings (SSSR count). The van der Waals surface area contributed by atoms with Crippen LogP contribution in [0, 0.1) is 0 Å². The van der Waals surface area contributed by atoms with Crippen molar-refractivity contribution in [3.8, 4) is 0 Å². The number of anilines is 1. The first kappa shape index (κ1) is 19.6. The lowest BCUT2D eigenvalue weighted by atomic mass is 10.1. The zero-order chi connectivity index (χ0) is 20.9. The molecule has 4 amide bonds. The Kier molecular flexibility index (Phi) is 5.70. The van der Waals surface area contributed by atoms with E-state index < -0.39 is 12.1 Å². The van der Waals surface area contributed by atoms with Crippen molar-refractivity contribution in [2.24, 2.45) is 0 Å². The van der Waals surface area contributed by atoms with Gasteiger partial charge in [-0.3, -0.25) is 14.6 Å². The van der Waals surface area contributed by atoms with E-state index in [0.717, 1.165) is 16.5 Å². The maximum Gasteiger partial charge on any atom is 0.329 e. The number of urea groups is 1. The normalized spacial score (nSPS) is 16.0. The number of nitrogens with one attached hydrogen (secondary N) is 2. The van der Waals surface area contributed by atoms with E-state index in [1.807, 2.05) is 54.6 Å². The molecule has 2 aromatic carbocycles. The van der Waals surface area contributed by atoms with Gasteiger partial charge in [0, 0.05) is 36.7 Å². The SMILES string of the molecule is O=C(CCC1NC(=O)N(c2cccc3ccccc23)C1=O)NCCc1ccccn1. The van der Waals surface area contributed by atoms with Crippen LogP contribution in [0.1, 0.15) is 18.5 Å². The molecular weight excluding hydrogens is 380 g/mol. The zero-order valence-corrected chi connectivity index (χ0v) is 16.4. The lowest BCUT2D eigenvalue weighted by Crippen LogP contribution is -2.33. The molecule has 1 unspecified atom stereocenters. The number of amides is 4. The minimum Gasteiger partial charge on any atom is -0.356 e. The third-order valence-corrected chi connectivity index (χ3v) is 5.12. The summed E-state index contributed by atoms with van der Waals surface area (Å²) in [6.45, 7) is 0.475. The Hall–Kier alpha value is -3.74. The topological polar surface area (TPSA) is 91.4 Å². The Labute approximate surface area is 174 Å². The van der Waals surface area contributed by atoms with E-state index in [4.69, 9.17) is 0 Å². The summed E-state index contributed by atoms with van der Waals surface area (Å²) < 4.78 is 0. The van der Waals surface area contributed by atoms with E-state index in [9.17, 15) is 14.4 Å². The summed E-state index contributed by atoms with van der Waals surface area (Å²) in [5, 5.41) is 7.31. The fraction of sp³-hybridized carbons (Fsp3) is 0.217. The number of imide groups is 1. The highest BCUT2D eigenvalue weighted by Crippen LogP contribution is 2.29. The van der Waals surface area contributed by atoms with Crippen molar-refractivity contribution in [1.82, 2.24) is 15.6 Å². The van der Waals surface area contributed by atoms with Crippen LogP contribution in [0.5, 0.6) is 0 Å². The second-order valence-corrected chi connectivity index (χ2v) is 7.13. The van der Waals surface area contributed by atoms with Crippen LogP contribution in [0.4, 0.5) is 10.5 Å². The Morgan fingerprint density at radius 1 is 1.03 bits per heavy atom. The Bertz CT molecular complexity index is 1080. The first-order valence-corrected chi connectivity index (χ1v) is 9.92. The van der Waals surface area contributed by atoms with Gasteiger partial charge in [0.2, 0.25) is 5.91 Å². The molecule has 0 spiro atoms. The molecule has 1 fully saturated rings. The minimum absolute atomic E-state index is 0.155. The van der Waals surface area contributed by atoms with Crippen molar-refractivity contribution in [3.05, 3.63) is 72.6 Å². The summed E-state index contributed by atoms with van der Waals surface area (Å²) in [5.41, 5.74) is 1.46. The van der Waals surface area contributed by atoms with Gasteiger partial charge in [0.05, 0.1) is 5.69 Å². The number of aromatic nitrogens is 1. The van der Waals surface area contributed by atoms with Gasteiger partial charge in [0.25, 0.3) is 5.91 Å². The van der Waals surface area contributed by atoms with E-state index >= 15 is 0 Å². The average Bonchev–Trinajstić information content (AvgIpc) is 3.05. The van der Waals surface area contributed by atoms with E-state index in [1.165, 1.54) is 4.90 Å². The van der Waals surface area contributed by atoms with Crippen LogP contribution in [0.25, 0.3) is 10.8 Å². The molecule has 1 aromatic heterocycles. The van der Waals surface area contributed by atoms with Crippen LogP contribution in [0.15, 0.2) is 66.9 Å². The number of carbonyl (C=O) groups excluding carboxylic acids is 3. The fourth-order valence-electron chi connectivity index (χ4n) is 3.60.